The smallest absolute Gasteiger partial charge is 0.322 e. The van der Waals surface area contributed by atoms with Crippen LogP contribution >= 0.6 is 0 Å². The first-order chi connectivity index (χ1) is 5.97. The summed E-state index contributed by atoms with van der Waals surface area (Å²) in [5.41, 5.74) is -0.260. The number of anilines is 1. The quantitative estimate of drug-likeness (QED) is 0.600. The summed E-state index contributed by atoms with van der Waals surface area (Å²) >= 11 is 0. The predicted octanol–water partition coefficient (Wildman–Crippen LogP) is 0.725. The van der Waals surface area contributed by atoms with Crippen LogP contribution in [0, 0.1) is 0 Å². The number of amides is 2. The second-order valence-corrected chi connectivity index (χ2v) is 3.66. The molecule has 1 heterocycles. The van der Waals surface area contributed by atoms with Gasteiger partial charge in [-0.05, 0) is 20.8 Å². The summed E-state index contributed by atoms with van der Waals surface area (Å²) in [5, 5.41) is 11.3. The third-order valence-corrected chi connectivity index (χ3v) is 1.14. The van der Waals surface area contributed by atoms with Crippen molar-refractivity contribution in [1.82, 2.24) is 20.5 Å². The number of hydrogen-bond donors (Lipinski definition) is 3. The van der Waals surface area contributed by atoms with Gasteiger partial charge in [0, 0.05) is 5.54 Å². The van der Waals surface area contributed by atoms with E-state index in [2.05, 4.69) is 25.8 Å². The molecular weight excluding hydrogens is 170 g/mol. The summed E-state index contributed by atoms with van der Waals surface area (Å²) in [5.74, 6) is 0.335. The lowest BCUT2D eigenvalue weighted by Gasteiger charge is -2.19. The number of hydrogen-bond acceptors (Lipinski definition) is 3. The van der Waals surface area contributed by atoms with Crippen LogP contribution in [0.1, 0.15) is 20.8 Å². The molecule has 3 N–H and O–H groups in total. The van der Waals surface area contributed by atoms with Crippen molar-refractivity contribution >= 4 is 12.0 Å². The van der Waals surface area contributed by atoms with Crippen molar-refractivity contribution in [2.24, 2.45) is 0 Å². The van der Waals surface area contributed by atoms with E-state index in [4.69, 9.17) is 0 Å². The number of aromatic nitrogens is 3. The molecule has 6 heteroatoms. The highest BCUT2D eigenvalue weighted by Gasteiger charge is 2.13. The van der Waals surface area contributed by atoms with Crippen molar-refractivity contribution in [3.63, 3.8) is 0 Å². The zero-order chi connectivity index (χ0) is 9.90. The summed E-state index contributed by atoms with van der Waals surface area (Å²) < 4.78 is 0. The van der Waals surface area contributed by atoms with E-state index in [1.54, 1.807) is 0 Å². The third kappa shape index (κ3) is 3.55. The number of nitrogens with one attached hydrogen (secondary N) is 3. The zero-order valence-corrected chi connectivity index (χ0v) is 7.88. The average molecular weight is 183 g/mol. The zero-order valence-electron chi connectivity index (χ0n) is 7.88. The first-order valence-corrected chi connectivity index (χ1v) is 3.92. The van der Waals surface area contributed by atoms with Crippen LogP contribution in [-0.2, 0) is 0 Å². The van der Waals surface area contributed by atoms with Gasteiger partial charge in [0.25, 0.3) is 0 Å². The monoisotopic (exact) mass is 183 g/mol. The minimum atomic E-state index is -0.302. The van der Waals surface area contributed by atoms with Gasteiger partial charge < -0.3 is 5.32 Å². The molecule has 0 aliphatic rings. The lowest BCUT2D eigenvalue weighted by molar-refractivity contribution is 0.243. The Morgan fingerprint density at radius 2 is 2.23 bits per heavy atom. The van der Waals surface area contributed by atoms with Gasteiger partial charge >= 0.3 is 6.03 Å². The van der Waals surface area contributed by atoms with E-state index in [1.807, 2.05) is 20.8 Å². The summed E-state index contributed by atoms with van der Waals surface area (Å²) in [7, 11) is 0. The molecule has 13 heavy (non-hydrogen) atoms. The molecule has 1 aromatic heterocycles. The molecule has 0 aliphatic carbocycles. The largest absolute Gasteiger partial charge is 0.333 e. The summed E-state index contributed by atoms with van der Waals surface area (Å²) in [6, 6.07) is -0.302. The van der Waals surface area contributed by atoms with E-state index in [9.17, 15) is 4.79 Å². The van der Waals surface area contributed by atoms with Crippen LogP contribution in [0.5, 0.6) is 0 Å². The number of H-pyrrole nitrogens is 1. The second-order valence-electron chi connectivity index (χ2n) is 3.66. The molecule has 1 aromatic rings. The molecule has 0 aromatic carbocycles. The molecule has 0 fully saturated rings. The van der Waals surface area contributed by atoms with E-state index >= 15 is 0 Å². The lowest BCUT2D eigenvalue weighted by Crippen LogP contribution is -2.43. The minimum absolute atomic E-state index is 0.260. The molecular formula is C7H13N5O. The van der Waals surface area contributed by atoms with Gasteiger partial charge in [-0.25, -0.2) is 9.89 Å². The van der Waals surface area contributed by atoms with Crippen molar-refractivity contribution in [2.75, 3.05) is 5.32 Å². The molecule has 2 amide bonds. The van der Waals surface area contributed by atoms with Gasteiger partial charge in [0.05, 0.1) is 0 Å². The maximum Gasteiger partial charge on any atom is 0.322 e. The van der Waals surface area contributed by atoms with Gasteiger partial charge in [0.2, 0.25) is 5.95 Å². The molecule has 0 saturated heterocycles. The van der Waals surface area contributed by atoms with Gasteiger partial charge in [-0.15, -0.1) is 0 Å². The fourth-order valence-electron chi connectivity index (χ4n) is 0.745. The standard InChI is InChI=1S/C7H13N5O/c1-7(2,3)11-6(13)10-5-8-4-9-12-5/h4H,1-3H3,(H3,8,9,10,11,12,13). The highest BCUT2D eigenvalue weighted by Crippen LogP contribution is 1.99. The Balaban J connectivity index is 2.43. The highest BCUT2D eigenvalue weighted by atomic mass is 16.2. The summed E-state index contributed by atoms with van der Waals surface area (Å²) in [6.45, 7) is 5.69. The van der Waals surface area contributed by atoms with Crippen molar-refractivity contribution in [1.29, 1.82) is 0 Å². The molecule has 72 valence electrons. The van der Waals surface area contributed by atoms with Crippen LogP contribution in [0.15, 0.2) is 6.33 Å². The Kier molecular flexibility index (Phi) is 2.50. The van der Waals surface area contributed by atoms with Crippen molar-refractivity contribution in [3.8, 4) is 0 Å². The number of aromatic amines is 1. The molecule has 0 unspecified atom stereocenters. The first kappa shape index (κ1) is 9.50. The number of carbonyl (C=O) groups excluding carboxylic acids is 1. The molecule has 0 radical (unpaired) electrons. The van der Waals surface area contributed by atoms with Gasteiger partial charge in [0.1, 0.15) is 6.33 Å². The fraction of sp³-hybridized carbons (Fsp3) is 0.571. The van der Waals surface area contributed by atoms with E-state index in [1.165, 1.54) is 6.33 Å². The van der Waals surface area contributed by atoms with E-state index in [-0.39, 0.29) is 11.6 Å². The van der Waals surface area contributed by atoms with Crippen LogP contribution in [-0.4, -0.2) is 26.8 Å². The first-order valence-electron chi connectivity index (χ1n) is 3.92. The average Bonchev–Trinajstić information content (AvgIpc) is 2.34. The minimum Gasteiger partial charge on any atom is -0.333 e. The molecule has 0 atom stereocenters. The van der Waals surface area contributed by atoms with E-state index < -0.39 is 0 Å². The van der Waals surface area contributed by atoms with E-state index in [0.29, 0.717) is 5.95 Å². The molecule has 1 rings (SSSR count). The maximum atomic E-state index is 11.2. The Morgan fingerprint density at radius 1 is 1.54 bits per heavy atom. The molecule has 6 nitrogen and oxygen atoms in total. The van der Waals surface area contributed by atoms with Crippen LogP contribution in [0.2, 0.25) is 0 Å². The number of carbonyl (C=O) groups is 1. The second kappa shape index (κ2) is 3.42. The summed E-state index contributed by atoms with van der Waals surface area (Å²) in [4.78, 5) is 15.0. The Bertz CT molecular complexity index is 274. The van der Waals surface area contributed by atoms with Gasteiger partial charge in [-0.2, -0.15) is 10.1 Å². The predicted molar refractivity (Wildman–Crippen MR) is 48.3 cm³/mol. The van der Waals surface area contributed by atoms with Crippen LogP contribution in [0.4, 0.5) is 10.7 Å². The molecule has 0 spiro atoms. The van der Waals surface area contributed by atoms with Gasteiger partial charge in [0.15, 0.2) is 0 Å². The normalized spacial score (nSPS) is 11.0. The maximum absolute atomic E-state index is 11.2. The topological polar surface area (TPSA) is 82.7 Å². The Hall–Kier alpha value is -1.59. The number of urea groups is 1. The molecule has 0 aliphatic heterocycles. The summed E-state index contributed by atoms with van der Waals surface area (Å²) in [6.07, 6.45) is 1.33. The number of rotatable bonds is 1. The highest BCUT2D eigenvalue weighted by molar-refractivity contribution is 5.87. The molecule has 0 saturated carbocycles. The lowest BCUT2D eigenvalue weighted by atomic mass is 10.1. The molecule has 0 bridgehead atoms. The Labute approximate surface area is 76.1 Å². The fourth-order valence-corrected chi connectivity index (χ4v) is 0.745. The Morgan fingerprint density at radius 3 is 2.69 bits per heavy atom. The SMILES string of the molecule is CC(C)(C)NC(=O)Nc1ncn[nH]1. The van der Waals surface area contributed by atoms with Crippen LogP contribution < -0.4 is 10.6 Å². The van der Waals surface area contributed by atoms with Crippen LogP contribution in [0.25, 0.3) is 0 Å². The van der Waals surface area contributed by atoms with Crippen LogP contribution in [0.3, 0.4) is 0 Å². The third-order valence-electron chi connectivity index (χ3n) is 1.14. The van der Waals surface area contributed by atoms with Gasteiger partial charge in [-0.1, -0.05) is 0 Å². The van der Waals surface area contributed by atoms with Crippen molar-refractivity contribution in [3.05, 3.63) is 6.33 Å². The van der Waals surface area contributed by atoms with E-state index in [0.717, 1.165) is 0 Å². The van der Waals surface area contributed by atoms with Crippen molar-refractivity contribution < 1.29 is 4.79 Å². The number of nitrogens with zero attached hydrogens (tertiary/aromatic N) is 2. The van der Waals surface area contributed by atoms with Crippen molar-refractivity contribution in [2.45, 2.75) is 26.3 Å². The van der Waals surface area contributed by atoms with Gasteiger partial charge in [-0.3, -0.25) is 5.32 Å².